The highest BCUT2D eigenvalue weighted by Crippen LogP contribution is 2.24. The quantitative estimate of drug-likeness (QED) is 0.737. The van der Waals surface area contributed by atoms with Gasteiger partial charge in [0, 0.05) is 6.54 Å². The normalized spacial score (nSPS) is 16.4. The van der Waals surface area contributed by atoms with Crippen LogP contribution in [0.25, 0.3) is 0 Å². The van der Waals surface area contributed by atoms with Crippen molar-refractivity contribution in [2.45, 2.75) is 58.8 Å². The molecule has 1 N–H and O–H groups in total. The van der Waals surface area contributed by atoms with Crippen LogP contribution in [0.3, 0.4) is 0 Å². The second-order valence-corrected chi connectivity index (χ2v) is 6.74. The summed E-state index contributed by atoms with van der Waals surface area (Å²) in [6.07, 6.45) is 7.09. The standard InChI is InChI=1S/C19H31NO/c1-15(2)18-10-9-16(3)19(13-18)21-12-11-20-14-17-7-5-4-6-8-17/h9-10,13,15,17,20H,4-8,11-12,14H2,1-3H3. The van der Waals surface area contributed by atoms with Gasteiger partial charge in [0.15, 0.2) is 0 Å². The van der Waals surface area contributed by atoms with Gasteiger partial charge in [-0.1, -0.05) is 45.2 Å². The van der Waals surface area contributed by atoms with E-state index in [4.69, 9.17) is 4.74 Å². The summed E-state index contributed by atoms with van der Waals surface area (Å²) in [5, 5.41) is 3.56. The maximum Gasteiger partial charge on any atom is 0.122 e. The van der Waals surface area contributed by atoms with E-state index in [0.717, 1.165) is 31.4 Å². The van der Waals surface area contributed by atoms with Crippen molar-refractivity contribution in [3.8, 4) is 5.75 Å². The Balaban J connectivity index is 1.69. The third-order valence-corrected chi connectivity index (χ3v) is 4.57. The first-order valence-electron chi connectivity index (χ1n) is 8.61. The van der Waals surface area contributed by atoms with E-state index >= 15 is 0 Å². The van der Waals surface area contributed by atoms with Crippen LogP contribution in [0.4, 0.5) is 0 Å². The lowest BCUT2D eigenvalue weighted by Gasteiger charge is -2.21. The van der Waals surface area contributed by atoms with Gasteiger partial charge in [-0.2, -0.15) is 0 Å². The topological polar surface area (TPSA) is 21.3 Å². The summed E-state index contributed by atoms with van der Waals surface area (Å²) in [6.45, 7) is 9.43. The Bertz CT molecular complexity index is 422. The molecule has 2 rings (SSSR count). The Morgan fingerprint density at radius 1 is 1.19 bits per heavy atom. The fourth-order valence-corrected chi connectivity index (χ4v) is 3.06. The van der Waals surface area contributed by atoms with Gasteiger partial charge in [0.1, 0.15) is 12.4 Å². The molecule has 0 amide bonds. The van der Waals surface area contributed by atoms with Crippen LogP contribution in [0.2, 0.25) is 0 Å². The lowest BCUT2D eigenvalue weighted by molar-refractivity contribution is 0.293. The zero-order valence-corrected chi connectivity index (χ0v) is 14.0. The summed E-state index contributed by atoms with van der Waals surface area (Å²) >= 11 is 0. The minimum atomic E-state index is 0.553. The molecule has 1 aromatic carbocycles. The van der Waals surface area contributed by atoms with Crippen LogP contribution in [-0.4, -0.2) is 19.7 Å². The number of hydrogen-bond donors (Lipinski definition) is 1. The van der Waals surface area contributed by atoms with E-state index in [-0.39, 0.29) is 0 Å². The Kier molecular flexibility index (Phi) is 6.56. The van der Waals surface area contributed by atoms with Gasteiger partial charge in [0.25, 0.3) is 0 Å². The molecule has 0 heterocycles. The largest absolute Gasteiger partial charge is 0.492 e. The number of rotatable bonds is 7. The maximum atomic E-state index is 5.95. The van der Waals surface area contributed by atoms with E-state index in [9.17, 15) is 0 Å². The molecule has 0 saturated heterocycles. The first-order chi connectivity index (χ1) is 10.2. The van der Waals surface area contributed by atoms with Gasteiger partial charge < -0.3 is 10.1 Å². The van der Waals surface area contributed by atoms with Crippen LogP contribution in [0.1, 0.15) is 63.0 Å². The molecule has 2 nitrogen and oxygen atoms in total. The van der Waals surface area contributed by atoms with E-state index in [1.165, 1.54) is 43.2 Å². The number of hydrogen-bond acceptors (Lipinski definition) is 2. The van der Waals surface area contributed by atoms with Crippen LogP contribution < -0.4 is 10.1 Å². The highest BCUT2D eigenvalue weighted by molar-refractivity contribution is 5.37. The molecule has 0 aliphatic heterocycles. The van der Waals surface area contributed by atoms with Gasteiger partial charge in [0.2, 0.25) is 0 Å². The number of nitrogens with one attached hydrogen (secondary N) is 1. The molecule has 2 heteroatoms. The minimum Gasteiger partial charge on any atom is -0.492 e. The Hall–Kier alpha value is -1.02. The Labute approximate surface area is 130 Å². The smallest absolute Gasteiger partial charge is 0.122 e. The second-order valence-electron chi connectivity index (χ2n) is 6.74. The van der Waals surface area contributed by atoms with Crippen LogP contribution in [0, 0.1) is 12.8 Å². The predicted molar refractivity (Wildman–Crippen MR) is 90.2 cm³/mol. The molecule has 1 aliphatic rings. The van der Waals surface area contributed by atoms with Crippen LogP contribution >= 0.6 is 0 Å². The SMILES string of the molecule is Cc1ccc(C(C)C)cc1OCCNCC1CCCCC1. The summed E-state index contributed by atoms with van der Waals surface area (Å²) in [7, 11) is 0. The fraction of sp³-hybridized carbons (Fsp3) is 0.684. The van der Waals surface area contributed by atoms with Crippen molar-refractivity contribution >= 4 is 0 Å². The molecule has 0 unspecified atom stereocenters. The van der Waals surface area contributed by atoms with E-state index in [2.05, 4.69) is 44.3 Å². The number of ether oxygens (including phenoxy) is 1. The van der Waals surface area contributed by atoms with Crippen molar-refractivity contribution in [3.05, 3.63) is 29.3 Å². The summed E-state index contributed by atoms with van der Waals surface area (Å²) < 4.78 is 5.95. The van der Waals surface area contributed by atoms with Crippen LogP contribution in [0.5, 0.6) is 5.75 Å². The summed E-state index contributed by atoms with van der Waals surface area (Å²) in [6, 6.07) is 6.56. The molecule has 0 aromatic heterocycles. The van der Waals surface area contributed by atoms with Crippen LogP contribution in [0.15, 0.2) is 18.2 Å². The maximum absolute atomic E-state index is 5.95. The monoisotopic (exact) mass is 289 g/mol. The highest BCUT2D eigenvalue weighted by Gasteiger charge is 2.12. The molecule has 21 heavy (non-hydrogen) atoms. The molecule has 0 spiro atoms. The van der Waals surface area contributed by atoms with Gasteiger partial charge in [-0.05, 0) is 55.3 Å². The van der Waals surface area contributed by atoms with E-state index < -0.39 is 0 Å². The first kappa shape index (κ1) is 16.4. The Morgan fingerprint density at radius 2 is 1.95 bits per heavy atom. The third kappa shape index (κ3) is 5.35. The van der Waals surface area contributed by atoms with Gasteiger partial charge in [-0.25, -0.2) is 0 Å². The van der Waals surface area contributed by atoms with E-state index in [1.807, 2.05) is 0 Å². The molecule has 1 aliphatic carbocycles. The molecular formula is C19H31NO. The number of benzene rings is 1. The van der Waals surface area contributed by atoms with Gasteiger partial charge >= 0.3 is 0 Å². The molecule has 0 bridgehead atoms. The molecule has 0 radical (unpaired) electrons. The van der Waals surface area contributed by atoms with Crippen molar-refractivity contribution in [2.24, 2.45) is 5.92 Å². The summed E-state index contributed by atoms with van der Waals surface area (Å²) in [4.78, 5) is 0. The minimum absolute atomic E-state index is 0.553. The average molecular weight is 289 g/mol. The van der Waals surface area contributed by atoms with Crippen LogP contribution in [-0.2, 0) is 0 Å². The van der Waals surface area contributed by atoms with E-state index in [1.54, 1.807) is 0 Å². The Morgan fingerprint density at radius 3 is 2.67 bits per heavy atom. The molecule has 118 valence electrons. The predicted octanol–water partition coefficient (Wildman–Crippen LogP) is 4.67. The second kappa shape index (κ2) is 8.43. The molecule has 1 fully saturated rings. The lowest BCUT2D eigenvalue weighted by atomic mass is 9.89. The van der Waals surface area contributed by atoms with Gasteiger partial charge in [-0.15, -0.1) is 0 Å². The van der Waals surface area contributed by atoms with Crippen molar-refractivity contribution < 1.29 is 4.74 Å². The van der Waals surface area contributed by atoms with Gasteiger partial charge in [0.05, 0.1) is 0 Å². The number of aryl methyl sites for hydroxylation is 1. The van der Waals surface area contributed by atoms with Crippen molar-refractivity contribution in [2.75, 3.05) is 19.7 Å². The highest BCUT2D eigenvalue weighted by atomic mass is 16.5. The molecule has 0 atom stereocenters. The molecular weight excluding hydrogens is 258 g/mol. The van der Waals surface area contributed by atoms with E-state index in [0.29, 0.717) is 5.92 Å². The summed E-state index contributed by atoms with van der Waals surface area (Å²) in [5.41, 5.74) is 2.58. The average Bonchev–Trinajstić information content (AvgIpc) is 2.49. The van der Waals surface area contributed by atoms with Crippen molar-refractivity contribution in [1.82, 2.24) is 5.32 Å². The fourth-order valence-electron chi connectivity index (χ4n) is 3.06. The van der Waals surface area contributed by atoms with Crippen molar-refractivity contribution in [1.29, 1.82) is 0 Å². The zero-order chi connectivity index (χ0) is 15.1. The van der Waals surface area contributed by atoms with Crippen molar-refractivity contribution in [3.63, 3.8) is 0 Å². The summed E-state index contributed by atoms with van der Waals surface area (Å²) in [5.74, 6) is 2.49. The lowest BCUT2D eigenvalue weighted by Crippen LogP contribution is -2.28. The zero-order valence-electron chi connectivity index (χ0n) is 14.0. The third-order valence-electron chi connectivity index (χ3n) is 4.57. The van der Waals surface area contributed by atoms with Gasteiger partial charge in [-0.3, -0.25) is 0 Å². The first-order valence-corrected chi connectivity index (χ1v) is 8.61. The molecule has 1 aromatic rings. The molecule has 1 saturated carbocycles.